The first-order chi connectivity index (χ1) is 10.6. The molecule has 0 saturated carbocycles. The maximum Gasteiger partial charge on any atom is 0.252 e. The average molecular weight is 318 g/mol. The zero-order valence-electron chi connectivity index (χ0n) is 13.0. The SMILES string of the molecule is CC(C)Cn1cc(-c2cc(C(=O)N[C@@H]3CCNC3)cs2)cn1. The van der Waals surface area contributed by atoms with Crippen LogP contribution in [0.25, 0.3) is 10.4 Å². The van der Waals surface area contributed by atoms with Crippen molar-refractivity contribution in [3.8, 4) is 10.4 Å². The van der Waals surface area contributed by atoms with Crippen molar-refractivity contribution >= 4 is 17.2 Å². The van der Waals surface area contributed by atoms with Crippen molar-refractivity contribution in [2.75, 3.05) is 13.1 Å². The summed E-state index contributed by atoms with van der Waals surface area (Å²) in [5.74, 6) is 0.586. The van der Waals surface area contributed by atoms with Crippen molar-refractivity contribution in [2.24, 2.45) is 5.92 Å². The summed E-state index contributed by atoms with van der Waals surface area (Å²) in [4.78, 5) is 13.3. The Labute approximate surface area is 134 Å². The van der Waals surface area contributed by atoms with E-state index in [0.717, 1.165) is 42.1 Å². The lowest BCUT2D eigenvalue weighted by atomic mass is 10.2. The summed E-state index contributed by atoms with van der Waals surface area (Å²) in [5, 5.41) is 12.6. The monoisotopic (exact) mass is 318 g/mol. The van der Waals surface area contributed by atoms with E-state index in [4.69, 9.17) is 0 Å². The van der Waals surface area contributed by atoms with Gasteiger partial charge in [-0.05, 0) is 24.9 Å². The van der Waals surface area contributed by atoms with Gasteiger partial charge in [0.25, 0.3) is 5.91 Å². The lowest BCUT2D eigenvalue weighted by Gasteiger charge is -2.09. The molecule has 6 heteroatoms. The summed E-state index contributed by atoms with van der Waals surface area (Å²) in [6.45, 7) is 7.10. The molecule has 2 N–H and O–H groups in total. The van der Waals surface area contributed by atoms with Crippen LogP contribution in [-0.4, -0.2) is 34.8 Å². The van der Waals surface area contributed by atoms with Gasteiger partial charge in [0.1, 0.15) is 0 Å². The van der Waals surface area contributed by atoms with Gasteiger partial charge in [-0.25, -0.2) is 0 Å². The number of hydrogen-bond acceptors (Lipinski definition) is 4. The normalized spacial score (nSPS) is 18.0. The molecule has 3 rings (SSSR count). The van der Waals surface area contributed by atoms with Crippen molar-refractivity contribution in [1.82, 2.24) is 20.4 Å². The smallest absolute Gasteiger partial charge is 0.252 e. The third-order valence-electron chi connectivity index (χ3n) is 3.73. The number of amides is 1. The maximum atomic E-state index is 12.2. The summed E-state index contributed by atoms with van der Waals surface area (Å²) in [5.41, 5.74) is 1.82. The van der Waals surface area contributed by atoms with Gasteiger partial charge in [-0.2, -0.15) is 5.10 Å². The molecule has 1 aliphatic rings. The number of thiophene rings is 1. The molecule has 5 nitrogen and oxygen atoms in total. The number of aromatic nitrogens is 2. The molecule has 0 radical (unpaired) electrons. The first-order valence-corrected chi connectivity index (χ1v) is 8.62. The van der Waals surface area contributed by atoms with Crippen LogP contribution in [0.4, 0.5) is 0 Å². The summed E-state index contributed by atoms with van der Waals surface area (Å²) in [7, 11) is 0. The molecule has 1 amide bonds. The van der Waals surface area contributed by atoms with Gasteiger partial charge in [0, 0.05) is 41.1 Å². The summed E-state index contributed by atoms with van der Waals surface area (Å²) >= 11 is 1.59. The van der Waals surface area contributed by atoms with Gasteiger partial charge in [-0.15, -0.1) is 11.3 Å². The molecule has 0 unspecified atom stereocenters. The van der Waals surface area contributed by atoms with Crippen LogP contribution in [0, 0.1) is 5.92 Å². The number of hydrogen-bond donors (Lipinski definition) is 2. The van der Waals surface area contributed by atoms with Crippen LogP contribution in [0.3, 0.4) is 0 Å². The maximum absolute atomic E-state index is 12.2. The van der Waals surface area contributed by atoms with Crippen molar-refractivity contribution < 1.29 is 4.79 Å². The van der Waals surface area contributed by atoms with Crippen LogP contribution in [0.2, 0.25) is 0 Å². The van der Waals surface area contributed by atoms with Gasteiger partial charge in [-0.3, -0.25) is 9.48 Å². The molecule has 22 heavy (non-hydrogen) atoms. The molecule has 2 aromatic heterocycles. The van der Waals surface area contributed by atoms with E-state index in [1.54, 1.807) is 11.3 Å². The Bertz CT molecular complexity index is 640. The van der Waals surface area contributed by atoms with E-state index < -0.39 is 0 Å². The van der Waals surface area contributed by atoms with E-state index in [1.807, 2.05) is 22.3 Å². The zero-order valence-corrected chi connectivity index (χ0v) is 13.8. The van der Waals surface area contributed by atoms with Gasteiger partial charge in [0.15, 0.2) is 0 Å². The Morgan fingerprint density at radius 2 is 2.45 bits per heavy atom. The van der Waals surface area contributed by atoms with Gasteiger partial charge in [-0.1, -0.05) is 13.8 Å². The molecule has 0 aromatic carbocycles. The molecule has 1 saturated heterocycles. The van der Waals surface area contributed by atoms with Crippen LogP contribution in [0.5, 0.6) is 0 Å². The average Bonchev–Trinajstić information content (AvgIpc) is 3.18. The van der Waals surface area contributed by atoms with Crippen LogP contribution in [0.1, 0.15) is 30.6 Å². The first kappa shape index (κ1) is 15.2. The summed E-state index contributed by atoms with van der Waals surface area (Å²) < 4.78 is 1.96. The van der Waals surface area contributed by atoms with Crippen LogP contribution in [0.15, 0.2) is 23.8 Å². The van der Waals surface area contributed by atoms with Crippen LogP contribution in [-0.2, 0) is 6.54 Å². The van der Waals surface area contributed by atoms with Crippen molar-refractivity contribution in [3.05, 3.63) is 29.4 Å². The Morgan fingerprint density at radius 1 is 1.59 bits per heavy atom. The predicted octanol–water partition coefficient (Wildman–Crippen LogP) is 2.36. The third-order valence-corrected chi connectivity index (χ3v) is 4.71. The quantitative estimate of drug-likeness (QED) is 0.890. The minimum absolute atomic E-state index is 0.0192. The van der Waals surface area contributed by atoms with Crippen molar-refractivity contribution in [1.29, 1.82) is 0 Å². The van der Waals surface area contributed by atoms with E-state index in [9.17, 15) is 4.79 Å². The molecule has 1 atom stereocenters. The molecule has 3 heterocycles. The first-order valence-electron chi connectivity index (χ1n) is 7.75. The fraction of sp³-hybridized carbons (Fsp3) is 0.500. The fourth-order valence-electron chi connectivity index (χ4n) is 2.62. The van der Waals surface area contributed by atoms with Crippen LogP contribution >= 0.6 is 11.3 Å². The number of nitrogens with one attached hydrogen (secondary N) is 2. The second-order valence-corrected chi connectivity index (χ2v) is 7.12. The highest BCUT2D eigenvalue weighted by molar-refractivity contribution is 7.13. The lowest BCUT2D eigenvalue weighted by molar-refractivity contribution is 0.0940. The molecule has 0 bridgehead atoms. The Balaban J connectivity index is 1.67. The number of rotatable bonds is 5. The van der Waals surface area contributed by atoms with Gasteiger partial charge < -0.3 is 10.6 Å². The molecule has 0 aliphatic carbocycles. The number of carbonyl (C=O) groups is 1. The molecule has 1 fully saturated rings. The molecule has 118 valence electrons. The Morgan fingerprint density at radius 3 is 3.18 bits per heavy atom. The number of nitrogens with zero attached hydrogens (tertiary/aromatic N) is 2. The Hall–Kier alpha value is -1.66. The van der Waals surface area contributed by atoms with E-state index in [0.29, 0.717) is 5.92 Å². The van der Waals surface area contributed by atoms with Gasteiger partial charge in [0.2, 0.25) is 0 Å². The molecular formula is C16H22N4OS. The van der Waals surface area contributed by atoms with Gasteiger partial charge in [0.05, 0.1) is 11.8 Å². The summed E-state index contributed by atoms with van der Waals surface area (Å²) in [6, 6.07) is 2.21. The zero-order chi connectivity index (χ0) is 15.5. The fourth-order valence-corrected chi connectivity index (χ4v) is 3.48. The minimum Gasteiger partial charge on any atom is -0.348 e. The minimum atomic E-state index is 0.0192. The topological polar surface area (TPSA) is 59.0 Å². The third kappa shape index (κ3) is 3.56. The van der Waals surface area contributed by atoms with Crippen LogP contribution < -0.4 is 10.6 Å². The highest BCUT2D eigenvalue weighted by atomic mass is 32.1. The Kier molecular flexibility index (Phi) is 4.59. The summed E-state index contributed by atoms with van der Waals surface area (Å²) in [6.07, 6.45) is 4.93. The lowest BCUT2D eigenvalue weighted by Crippen LogP contribution is -2.35. The van der Waals surface area contributed by atoms with Gasteiger partial charge >= 0.3 is 0 Å². The van der Waals surface area contributed by atoms with E-state index in [-0.39, 0.29) is 11.9 Å². The van der Waals surface area contributed by atoms with Crippen molar-refractivity contribution in [3.63, 3.8) is 0 Å². The molecule has 0 spiro atoms. The number of carbonyl (C=O) groups excluding carboxylic acids is 1. The van der Waals surface area contributed by atoms with E-state index in [2.05, 4.69) is 35.8 Å². The second kappa shape index (κ2) is 6.62. The highest BCUT2D eigenvalue weighted by Crippen LogP contribution is 2.27. The molecular weight excluding hydrogens is 296 g/mol. The van der Waals surface area contributed by atoms with E-state index in [1.165, 1.54) is 0 Å². The molecule has 1 aliphatic heterocycles. The highest BCUT2D eigenvalue weighted by Gasteiger charge is 2.18. The second-order valence-electron chi connectivity index (χ2n) is 6.21. The predicted molar refractivity (Wildman–Crippen MR) is 89.1 cm³/mol. The van der Waals surface area contributed by atoms with E-state index >= 15 is 0 Å². The largest absolute Gasteiger partial charge is 0.348 e. The molecule has 2 aromatic rings. The van der Waals surface area contributed by atoms with Crippen molar-refractivity contribution in [2.45, 2.75) is 32.9 Å². The standard InChI is InChI=1S/C16H22N4OS/c1-11(2)8-20-9-13(6-18-20)15-5-12(10-22-15)16(21)19-14-3-4-17-7-14/h5-6,9-11,14,17H,3-4,7-8H2,1-2H3,(H,19,21)/t14-/m1/s1.